The van der Waals surface area contributed by atoms with E-state index < -0.39 is 33.7 Å². The molecule has 8 nitrogen and oxygen atoms in total. The fourth-order valence-electron chi connectivity index (χ4n) is 3.89. The molecular weight excluding hydrogens is 446 g/mol. The van der Waals surface area contributed by atoms with E-state index in [0.717, 1.165) is 29.0 Å². The highest BCUT2D eigenvalue weighted by atomic mass is 19.1. The molecule has 34 heavy (non-hydrogen) atoms. The first-order chi connectivity index (χ1) is 16.2. The Hall–Kier alpha value is -4.08. The maximum absolute atomic E-state index is 14.8. The van der Waals surface area contributed by atoms with Crippen molar-refractivity contribution in [3.05, 3.63) is 96.8 Å². The van der Waals surface area contributed by atoms with E-state index in [9.17, 15) is 28.5 Å². The SMILES string of the molecule is CNC(=O)c1c(Cc2cccc([N+](=O)[O-])c2F)cc(=O)n(C)c1Nc1ccc(C2CC2)cc1F. The number of rotatable bonds is 7. The summed E-state index contributed by atoms with van der Waals surface area (Å²) in [6.07, 6.45) is 1.76. The highest BCUT2D eigenvalue weighted by molar-refractivity contribution is 6.01. The molecule has 10 heteroatoms. The predicted octanol–water partition coefficient (Wildman–Crippen LogP) is 4.14. The third-order valence-electron chi connectivity index (χ3n) is 5.91. The molecule has 1 aromatic heterocycles. The highest BCUT2D eigenvalue weighted by Crippen LogP contribution is 2.41. The molecule has 1 aliphatic rings. The van der Waals surface area contributed by atoms with Crippen LogP contribution in [0, 0.1) is 21.7 Å². The van der Waals surface area contributed by atoms with Gasteiger partial charge in [-0.1, -0.05) is 18.2 Å². The van der Waals surface area contributed by atoms with Crippen LogP contribution in [0.1, 0.15) is 45.8 Å². The molecule has 1 fully saturated rings. The molecule has 0 bridgehead atoms. The monoisotopic (exact) mass is 468 g/mol. The summed E-state index contributed by atoms with van der Waals surface area (Å²) in [5, 5.41) is 16.4. The van der Waals surface area contributed by atoms with E-state index in [1.54, 1.807) is 12.1 Å². The summed E-state index contributed by atoms with van der Waals surface area (Å²) in [4.78, 5) is 35.8. The summed E-state index contributed by atoms with van der Waals surface area (Å²) in [6, 6.07) is 9.64. The molecule has 2 aromatic carbocycles. The van der Waals surface area contributed by atoms with E-state index >= 15 is 0 Å². The Morgan fingerprint density at radius 1 is 1.18 bits per heavy atom. The number of halogens is 2. The summed E-state index contributed by atoms with van der Waals surface area (Å²) < 4.78 is 30.7. The Balaban J connectivity index is 1.82. The van der Waals surface area contributed by atoms with Crippen molar-refractivity contribution in [3.8, 4) is 0 Å². The van der Waals surface area contributed by atoms with E-state index in [1.807, 2.05) is 0 Å². The van der Waals surface area contributed by atoms with Gasteiger partial charge in [0.05, 0.1) is 16.2 Å². The number of hydrogen-bond acceptors (Lipinski definition) is 5. The van der Waals surface area contributed by atoms with E-state index in [4.69, 9.17) is 0 Å². The Bertz CT molecular complexity index is 1370. The molecular formula is C24H22F2N4O4. The number of hydrogen-bond donors (Lipinski definition) is 2. The quantitative estimate of drug-likeness (QED) is 0.400. The number of anilines is 2. The van der Waals surface area contributed by atoms with Gasteiger partial charge in [-0.25, -0.2) is 4.39 Å². The van der Waals surface area contributed by atoms with Crippen molar-refractivity contribution >= 4 is 23.1 Å². The molecule has 4 rings (SSSR count). The molecule has 0 aliphatic heterocycles. The van der Waals surface area contributed by atoms with Crippen LogP contribution in [0.2, 0.25) is 0 Å². The Morgan fingerprint density at radius 3 is 2.53 bits per heavy atom. The first-order valence-corrected chi connectivity index (χ1v) is 10.6. The Morgan fingerprint density at radius 2 is 1.91 bits per heavy atom. The van der Waals surface area contributed by atoms with Gasteiger partial charge in [-0.05, 0) is 47.6 Å². The highest BCUT2D eigenvalue weighted by Gasteiger charge is 2.26. The van der Waals surface area contributed by atoms with Crippen LogP contribution in [0.15, 0.2) is 47.3 Å². The van der Waals surface area contributed by atoms with Crippen LogP contribution in [0.5, 0.6) is 0 Å². The molecule has 3 aromatic rings. The number of amides is 1. The lowest BCUT2D eigenvalue weighted by Crippen LogP contribution is -2.28. The van der Waals surface area contributed by atoms with Gasteiger partial charge in [-0.15, -0.1) is 0 Å². The maximum atomic E-state index is 14.8. The summed E-state index contributed by atoms with van der Waals surface area (Å²) in [5.41, 5.74) is -0.189. The third kappa shape index (κ3) is 4.39. The van der Waals surface area contributed by atoms with Crippen molar-refractivity contribution in [2.75, 3.05) is 12.4 Å². The number of nitrogens with one attached hydrogen (secondary N) is 2. The normalized spacial score (nSPS) is 12.9. The fourth-order valence-corrected chi connectivity index (χ4v) is 3.89. The van der Waals surface area contributed by atoms with E-state index in [-0.39, 0.29) is 34.6 Å². The maximum Gasteiger partial charge on any atom is 0.305 e. The van der Waals surface area contributed by atoms with Crippen LogP contribution in [-0.4, -0.2) is 22.4 Å². The minimum absolute atomic E-state index is 0.00109. The second-order valence-electron chi connectivity index (χ2n) is 8.19. The number of nitro benzene ring substituents is 1. The zero-order valence-corrected chi connectivity index (χ0v) is 18.5. The number of carbonyl (C=O) groups is 1. The van der Waals surface area contributed by atoms with Crippen molar-refractivity contribution in [2.24, 2.45) is 7.05 Å². The predicted molar refractivity (Wildman–Crippen MR) is 123 cm³/mol. The van der Waals surface area contributed by atoms with Gasteiger partial charge >= 0.3 is 5.69 Å². The van der Waals surface area contributed by atoms with Gasteiger partial charge in [0, 0.05) is 32.6 Å². The van der Waals surface area contributed by atoms with Gasteiger partial charge < -0.3 is 10.6 Å². The molecule has 1 aliphatic carbocycles. The minimum Gasteiger partial charge on any atom is -0.355 e. The standard InChI is InChI=1S/C24H22F2N4O4/c1-27-24(32)21-16(10-15-4-3-5-19(22(15)26)30(33)34)12-20(31)29(2)23(21)28-18-9-8-14(11-17(18)25)13-6-7-13/h3-5,8-9,11-13,28H,6-7,10H2,1-2H3,(H,27,32). The fraction of sp³-hybridized carbons (Fsp3) is 0.250. The largest absolute Gasteiger partial charge is 0.355 e. The molecule has 176 valence electrons. The molecule has 0 unspecified atom stereocenters. The second kappa shape index (κ2) is 9.05. The number of aromatic nitrogens is 1. The molecule has 0 spiro atoms. The zero-order valence-electron chi connectivity index (χ0n) is 18.5. The van der Waals surface area contributed by atoms with Crippen LogP contribution < -0.4 is 16.2 Å². The first kappa shape index (κ1) is 23.1. The average Bonchev–Trinajstić information content (AvgIpc) is 3.64. The lowest BCUT2D eigenvalue weighted by Gasteiger charge is -2.19. The van der Waals surface area contributed by atoms with Crippen molar-refractivity contribution in [2.45, 2.75) is 25.2 Å². The van der Waals surface area contributed by atoms with Crippen molar-refractivity contribution in [1.82, 2.24) is 9.88 Å². The number of benzene rings is 2. The van der Waals surface area contributed by atoms with Gasteiger partial charge in [0.25, 0.3) is 11.5 Å². The lowest BCUT2D eigenvalue weighted by molar-refractivity contribution is -0.387. The number of carbonyl (C=O) groups excluding carboxylic acids is 1. The number of nitro groups is 1. The number of pyridine rings is 1. The van der Waals surface area contributed by atoms with E-state index in [2.05, 4.69) is 10.6 Å². The minimum atomic E-state index is -1.05. The van der Waals surface area contributed by atoms with Gasteiger partial charge in [-0.3, -0.25) is 24.3 Å². The summed E-state index contributed by atoms with van der Waals surface area (Å²) in [7, 11) is 2.81. The van der Waals surface area contributed by atoms with Gasteiger partial charge in [-0.2, -0.15) is 4.39 Å². The molecule has 0 radical (unpaired) electrons. The van der Waals surface area contributed by atoms with Crippen molar-refractivity contribution in [3.63, 3.8) is 0 Å². The van der Waals surface area contributed by atoms with E-state index in [1.165, 1.54) is 38.4 Å². The van der Waals surface area contributed by atoms with Crippen LogP contribution in [0.4, 0.5) is 26.0 Å². The smallest absolute Gasteiger partial charge is 0.305 e. The molecule has 2 N–H and O–H groups in total. The average molecular weight is 468 g/mol. The topological polar surface area (TPSA) is 106 Å². The number of nitrogens with zero attached hydrogens (tertiary/aromatic N) is 2. The Labute approximate surface area is 193 Å². The van der Waals surface area contributed by atoms with Gasteiger partial charge in [0.15, 0.2) is 0 Å². The van der Waals surface area contributed by atoms with Crippen LogP contribution >= 0.6 is 0 Å². The van der Waals surface area contributed by atoms with Gasteiger partial charge in [0.2, 0.25) is 5.82 Å². The van der Waals surface area contributed by atoms with E-state index in [0.29, 0.717) is 5.92 Å². The lowest BCUT2D eigenvalue weighted by atomic mass is 9.98. The molecule has 1 amide bonds. The molecule has 0 saturated heterocycles. The molecule has 0 atom stereocenters. The third-order valence-corrected chi connectivity index (χ3v) is 5.91. The molecule has 1 heterocycles. The summed E-state index contributed by atoms with van der Waals surface area (Å²) >= 11 is 0. The van der Waals surface area contributed by atoms with Gasteiger partial charge in [0.1, 0.15) is 11.6 Å². The summed E-state index contributed by atoms with van der Waals surface area (Å²) in [5.74, 6) is -1.80. The van der Waals surface area contributed by atoms with Crippen LogP contribution in [0.3, 0.4) is 0 Å². The van der Waals surface area contributed by atoms with Crippen molar-refractivity contribution in [1.29, 1.82) is 0 Å². The Kier molecular flexibility index (Phi) is 6.14. The molecule has 1 saturated carbocycles. The van der Waals surface area contributed by atoms with Crippen LogP contribution in [0.25, 0.3) is 0 Å². The van der Waals surface area contributed by atoms with Crippen LogP contribution in [-0.2, 0) is 13.5 Å². The summed E-state index contributed by atoms with van der Waals surface area (Å²) in [6.45, 7) is 0. The second-order valence-corrected chi connectivity index (χ2v) is 8.19. The van der Waals surface area contributed by atoms with Crippen molar-refractivity contribution < 1.29 is 18.5 Å². The zero-order chi connectivity index (χ0) is 24.6. The first-order valence-electron chi connectivity index (χ1n) is 10.6.